The first kappa shape index (κ1) is 16.4. The fraction of sp³-hybridized carbons (Fsp3) is 0.929. The van der Waals surface area contributed by atoms with Gasteiger partial charge < -0.3 is 20.7 Å². The molecule has 0 aromatic heterocycles. The Kier molecular flexibility index (Phi) is 6.75. The zero-order chi connectivity index (χ0) is 14.3. The number of nitrogens with one attached hydrogen (secondary N) is 1. The number of ether oxygens (including phenoxy) is 1. The van der Waals surface area contributed by atoms with Gasteiger partial charge in [-0.25, -0.2) is 0 Å². The lowest BCUT2D eigenvalue weighted by atomic mass is 9.94. The quantitative estimate of drug-likeness (QED) is 0.678. The van der Waals surface area contributed by atoms with Crippen LogP contribution in [0, 0.1) is 5.92 Å². The van der Waals surface area contributed by atoms with E-state index < -0.39 is 5.54 Å². The smallest absolute Gasteiger partial charge is 0.237 e. The Morgan fingerprint density at radius 1 is 1.58 bits per heavy atom. The minimum Gasteiger partial charge on any atom is -0.384 e. The summed E-state index contributed by atoms with van der Waals surface area (Å²) in [4.78, 5) is 13.9. The summed E-state index contributed by atoms with van der Waals surface area (Å²) in [7, 11) is 3.56. The van der Waals surface area contributed by atoms with E-state index in [1.165, 1.54) is 12.8 Å². The summed E-state index contributed by atoms with van der Waals surface area (Å²) >= 11 is 0. The Labute approximate surface area is 116 Å². The number of amides is 1. The van der Waals surface area contributed by atoms with E-state index >= 15 is 0 Å². The number of primary amides is 1. The highest BCUT2D eigenvalue weighted by atomic mass is 16.5. The summed E-state index contributed by atoms with van der Waals surface area (Å²) in [6.45, 7) is 6.03. The molecule has 5 nitrogen and oxygen atoms in total. The van der Waals surface area contributed by atoms with Crippen molar-refractivity contribution in [3.63, 3.8) is 0 Å². The highest BCUT2D eigenvalue weighted by Gasteiger charge is 2.28. The lowest BCUT2D eigenvalue weighted by Crippen LogP contribution is -2.51. The molecule has 0 aromatic carbocycles. The summed E-state index contributed by atoms with van der Waals surface area (Å²) in [6, 6.07) is 0. The van der Waals surface area contributed by atoms with Crippen LogP contribution < -0.4 is 11.1 Å². The number of hydrogen-bond donors (Lipinski definition) is 2. The number of nitrogens with zero attached hydrogens (tertiary/aromatic N) is 1. The summed E-state index contributed by atoms with van der Waals surface area (Å²) in [6.07, 6.45) is 4.28. The normalized spacial score (nSPS) is 24.1. The Morgan fingerprint density at radius 2 is 2.32 bits per heavy atom. The molecule has 2 atom stereocenters. The van der Waals surface area contributed by atoms with E-state index in [9.17, 15) is 4.79 Å². The maximum Gasteiger partial charge on any atom is 0.237 e. The second-order valence-electron chi connectivity index (χ2n) is 5.81. The molecule has 1 heterocycles. The third kappa shape index (κ3) is 5.09. The van der Waals surface area contributed by atoms with Crippen molar-refractivity contribution in [3.8, 4) is 0 Å². The van der Waals surface area contributed by atoms with Crippen molar-refractivity contribution in [1.82, 2.24) is 10.2 Å². The van der Waals surface area contributed by atoms with Gasteiger partial charge in [0.05, 0.1) is 12.1 Å². The van der Waals surface area contributed by atoms with Crippen molar-refractivity contribution in [1.29, 1.82) is 0 Å². The topological polar surface area (TPSA) is 67.6 Å². The number of piperidine rings is 1. The first-order valence-corrected chi connectivity index (χ1v) is 7.22. The van der Waals surface area contributed by atoms with Gasteiger partial charge in [0, 0.05) is 13.7 Å². The predicted molar refractivity (Wildman–Crippen MR) is 76.9 cm³/mol. The number of nitrogens with two attached hydrogens (primary N) is 1. The van der Waals surface area contributed by atoms with Crippen LogP contribution in [0.3, 0.4) is 0 Å². The van der Waals surface area contributed by atoms with Crippen molar-refractivity contribution >= 4 is 5.91 Å². The third-order valence-corrected chi connectivity index (χ3v) is 4.25. The van der Waals surface area contributed by atoms with Gasteiger partial charge in [0.1, 0.15) is 0 Å². The molecule has 1 fully saturated rings. The summed E-state index contributed by atoms with van der Waals surface area (Å²) in [5.41, 5.74) is 4.85. The molecule has 1 amide bonds. The van der Waals surface area contributed by atoms with Crippen LogP contribution in [-0.4, -0.2) is 56.7 Å². The Balaban J connectivity index is 2.30. The van der Waals surface area contributed by atoms with Crippen molar-refractivity contribution in [3.05, 3.63) is 0 Å². The fourth-order valence-electron chi connectivity index (χ4n) is 2.75. The minimum atomic E-state index is -0.582. The van der Waals surface area contributed by atoms with Crippen molar-refractivity contribution in [2.24, 2.45) is 11.7 Å². The van der Waals surface area contributed by atoms with E-state index in [0.29, 0.717) is 5.92 Å². The zero-order valence-electron chi connectivity index (χ0n) is 12.6. The molecule has 5 heteroatoms. The molecular formula is C14H29N3O2. The molecule has 0 radical (unpaired) electrons. The number of likely N-dealkylation sites (N-methyl/N-ethyl adjacent to an activating group) is 1. The van der Waals surface area contributed by atoms with Crippen LogP contribution >= 0.6 is 0 Å². The van der Waals surface area contributed by atoms with Crippen LogP contribution in [0.4, 0.5) is 0 Å². The van der Waals surface area contributed by atoms with E-state index in [0.717, 1.165) is 39.1 Å². The van der Waals surface area contributed by atoms with Crippen LogP contribution in [-0.2, 0) is 9.53 Å². The molecular weight excluding hydrogens is 242 g/mol. The molecule has 0 aliphatic carbocycles. The second kappa shape index (κ2) is 7.82. The third-order valence-electron chi connectivity index (χ3n) is 4.25. The van der Waals surface area contributed by atoms with Crippen LogP contribution in [0.1, 0.15) is 32.6 Å². The molecule has 1 rings (SSSR count). The maximum absolute atomic E-state index is 11.4. The van der Waals surface area contributed by atoms with Gasteiger partial charge >= 0.3 is 0 Å². The van der Waals surface area contributed by atoms with Gasteiger partial charge in [0.15, 0.2) is 0 Å². The van der Waals surface area contributed by atoms with Crippen LogP contribution in [0.2, 0.25) is 0 Å². The maximum atomic E-state index is 11.4. The lowest BCUT2D eigenvalue weighted by molar-refractivity contribution is -0.123. The lowest BCUT2D eigenvalue weighted by Gasteiger charge is -2.33. The molecule has 3 N–H and O–H groups in total. The standard InChI is InChI=1S/C14H29N3O2/c1-14(16-2,13(15)18)7-5-9-17-8-4-6-12(10-17)11-19-3/h12,16H,4-11H2,1-3H3,(H2,15,18). The van der Waals surface area contributed by atoms with Crippen LogP contribution in [0.5, 0.6) is 0 Å². The van der Waals surface area contributed by atoms with Gasteiger partial charge in [-0.3, -0.25) is 4.79 Å². The number of rotatable bonds is 8. The molecule has 0 aromatic rings. The highest BCUT2D eigenvalue weighted by Crippen LogP contribution is 2.18. The molecule has 112 valence electrons. The highest BCUT2D eigenvalue weighted by molar-refractivity contribution is 5.84. The number of likely N-dealkylation sites (tertiary alicyclic amines) is 1. The Bertz CT molecular complexity index is 284. The van der Waals surface area contributed by atoms with E-state index in [-0.39, 0.29) is 5.91 Å². The van der Waals surface area contributed by atoms with Crippen molar-refractivity contribution in [2.75, 3.05) is 40.4 Å². The van der Waals surface area contributed by atoms with Crippen molar-refractivity contribution in [2.45, 2.75) is 38.1 Å². The number of carbonyl (C=O) groups is 1. The number of hydrogen-bond acceptors (Lipinski definition) is 4. The number of methoxy groups -OCH3 is 1. The first-order chi connectivity index (χ1) is 9.01. The van der Waals surface area contributed by atoms with Gasteiger partial charge in [-0.1, -0.05) is 0 Å². The Morgan fingerprint density at radius 3 is 2.89 bits per heavy atom. The molecule has 2 unspecified atom stereocenters. The van der Waals surface area contributed by atoms with Gasteiger partial charge in [0.2, 0.25) is 5.91 Å². The first-order valence-electron chi connectivity index (χ1n) is 7.22. The minimum absolute atomic E-state index is 0.272. The van der Waals surface area contributed by atoms with Gasteiger partial charge in [-0.15, -0.1) is 0 Å². The van der Waals surface area contributed by atoms with Gasteiger partial charge in [-0.05, 0) is 58.7 Å². The van der Waals surface area contributed by atoms with Gasteiger partial charge in [-0.2, -0.15) is 0 Å². The van der Waals surface area contributed by atoms with E-state index in [2.05, 4.69) is 10.2 Å². The molecule has 19 heavy (non-hydrogen) atoms. The second-order valence-corrected chi connectivity index (χ2v) is 5.81. The summed E-state index contributed by atoms with van der Waals surface area (Å²) in [5, 5.41) is 3.03. The SMILES string of the molecule is CNC(C)(CCCN1CCCC(COC)C1)C(N)=O. The average Bonchev–Trinajstić information content (AvgIpc) is 2.39. The Hall–Kier alpha value is -0.650. The molecule has 0 saturated carbocycles. The van der Waals surface area contributed by atoms with E-state index in [1.807, 2.05) is 6.92 Å². The predicted octanol–water partition coefficient (Wildman–Crippen LogP) is 0.588. The zero-order valence-corrected chi connectivity index (χ0v) is 12.6. The van der Waals surface area contributed by atoms with E-state index in [4.69, 9.17) is 10.5 Å². The molecule has 0 bridgehead atoms. The monoisotopic (exact) mass is 271 g/mol. The molecule has 1 aliphatic heterocycles. The molecule has 1 aliphatic rings. The number of carbonyl (C=O) groups excluding carboxylic acids is 1. The fourth-order valence-corrected chi connectivity index (χ4v) is 2.75. The average molecular weight is 271 g/mol. The summed E-state index contributed by atoms with van der Waals surface area (Å²) < 4.78 is 5.24. The van der Waals surface area contributed by atoms with Crippen LogP contribution in [0.15, 0.2) is 0 Å². The van der Waals surface area contributed by atoms with E-state index in [1.54, 1.807) is 14.2 Å². The van der Waals surface area contributed by atoms with Gasteiger partial charge in [0.25, 0.3) is 0 Å². The summed E-state index contributed by atoms with van der Waals surface area (Å²) in [5.74, 6) is 0.386. The van der Waals surface area contributed by atoms with Crippen LogP contribution in [0.25, 0.3) is 0 Å². The molecule has 0 spiro atoms. The molecule has 1 saturated heterocycles. The van der Waals surface area contributed by atoms with Crippen molar-refractivity contribution < 1.29 is 9.53 Å². The largest absolute Gasteiger partial charge is 0.384 e.